The van der Waals surface area contributed by atoms with Gasteiger partial charge in [-0.2, -0.15) is 0 Å². The highest BCUT2D eigenvalue weighted by molar-refractivity contribution is 6.30. The minimum Gasteiger partial charge on any atom is -0.484 e. The van der Waals surface area contributed by atoms with Crippen molar-refractivity contribution in [3.05, 3.63) is 63.4 Å². The Balaban J connectivity index is 1.55. The maximum atomic E-state index is 11.8. The SMILES string of the molecule is O=C(COc1ccc(Cl)cc1)NCc1nc2ccc([N+](=O)[O-])cc2[nH]1. The number of non-ortho nitro benzene ring substituents is 1. The Morgan fingerprint density at radius 2 is 2.04 bits per heavy atom. The molecule has 0 saturated carbocycles. The van der Waals surface area contributed by atoms with Crippen LogP contribution in [0.15, 0.2) is 42.5 Å². The van der Waals surface area contributed by atoms with E-state index in [4.69, 9.17) is 16.3 Å². The molecule has 3 rings (SSSR count). The number of rotatable bonds is 6. The van der Waals surface area contributed by atoms with Crippen molar-refractivity contribution in [2.75, 3.05) is 6.61 Å². The number of nitrogens with zero attached hydrogens (tertiary/aromatic N) is 2. The van der Waals surface area contributed by atoms with Crippen LogP contribution in [0.3, 0.4) is 0 Å². The quantitative estimate of drug-likeness (QED) is 0.518. The van der Waals surface area contributed by atoms with Crippen LogP contribution in [0.25, 0.3) is 11.0 Å². The average molecular weight is 361 g/mol. The number of carbonyl (C=O) groups is 1. The van der Waals surface area contributed by atoms with Crippen molar-refractivity contribution in [1.82, 2.24) is 15.3 Å². The number of fused-ring (bicyclic) bond motifs is 1. The first kappa shape index (κ1) is 16.7. The Hall–Kier alpha value is -3.13. The molecule has 2 N–H and O–H groups in total. The number of ether oxygens (including phenoxy) is 1. The zero-order valence-electron chi connectivity index (χ0n) is 12.9. The smallest absolute Gasteiger partial charge is 0.271 e. The van der Waals surface area contributed by atoms with Crippen LogP contribution < -0.4 is 10.1 Å². The summed E-state index contributed by atoms with van der Waals surface area (Å²) in [5.41, 5.74) is 1.10. The van der Waals surface area contributed by atoms with Gasteiger partial charge in [-0.15, -0.1) is 0 Å². The van der Waals surface area contributed by atoms with Gasteiger partial charge >= 0.3 is 0 Å². The van der Waals surface area contributed by atoms with Gasteiger partial charge in [0.2, 0.25) is 0 Å². The molecule has 9 heteroatoms. The number of halogens is 1. The van der Waals surface area contributed by atoms with E-state index in [1.165, 1.54) is 12.1 Å². The zero-order chi connectivity index (χ0) is 17.8. The molecule has 3 aromatic rings. The van der Waals surface area contributed by atoms with Gasteiger partial charge in [0.05, 0.1) is 22.5 Å². The van der Waals surface area contributed by atoms with Gasteiger partial charge in [-0.1, -0.05) is 11.6 Å². The van der Waals surface area contributed by atoms with Gasteiger partial charge in [0.25, 0.3) is 11.6 Å². The summed E-state index contributed by atoms with van der Waals surface area (Å²) in [5, 5.41) is 14.0. The normalized spacial score (nSPS) is 10.6. The van der Waals surface area contributed by atoms with E-state index in [2.05, 4.69) is 15.3 Å². The van der Waals surface area contributed by atoms with E-state index in [1.807, 2.05) is 0 Å². The van der Waals surface area contributed by atoms with Crippen LogP contribution in [0, 0.1) is 10.1 Å². The van der Waals surface area contributed by atoms with Crippen molar-refractivity contribution < 1.29 is 14.5 Å². The highest BCUT2D eigenvalue weighted by atomic mass is 35.5. The van der Waals surface area contributed by atoms with Crippen molar-refractivity contribution in [2.45, 2.75) is 6.54 Å². The number of aromatic amines is 1. The van der Waals surface area contributed by atoms with Gasteiger partial charge in [-0.3, -0.25) is 14.9 Å². The van der Waals surface area contributed by atoms with Crippen molar-refractivity contribution in [3.63, 3.8) is 0 Å². The Labute approximate surface area is 146 Å². The molecule has 2 aromatic carbocycles. The van der Waals surface area contributed by atoms with Crippen molar-refractivity contribution >= 4 is 34.2 Å². The molecule has 0 bridgehead atoms. The lowest BCUT2D eigenvalue weighted by Crippen LogP contribution is -2.28. The van der Waals surface area contributed by atoms with Gasteiger partial charge in [0.1, 0.15) is 11.6 Å². The highest BCUT2D eigenvalue weighted by Gasteiger charge is 2.10. The summed E-state index contributed by atoms with van der Waals surface area (Å²) in [6, 6.07) is 11.0. The van der Waals surface area contributed by atoms with Crippen LogP contribution >= 0.6 is 11.6 Å². The lowest BCUT2D eigenvalue weighted by Gasteiger charge is -2.06. The summed E-state index contributed by atoms with van der Waals surface area (Å²) in [7, 11) is 0. The highest BCUT2D eigenvalue weighted by Crippen LogP contribution is 2.19. The van der Waals surface area contributed by atoms with Crippen LogP contribution in [-0.2, 0) is 11.3 Å². The lowest BCUT2D eigenvalue weighted by atomic mass is 10.3. The largest absolute Gasteiger partial charge is 0.484 e. The van der Waals surface area contributed by atoms with Gasteiger partial charge in [-0.05, 0) is 30.3 Å². The molecule has 0 fully saturated rings. The summed E-state index contributed by atoms with van der Waals surface area (Å²) in [4.78, 5) is 29.3. The maximum absolute atomic E-state index is 11.8. The molecule has 1 heterocycles. The Morgan fingerprint density at radius 1 is 1.28 bits per heavy atom. The molecule has 1 amide bonds. The molecule has 0 radical (unpaired) electrons. The summed E-state index contributed by atoms with van der Waals surface area (Å²) < 4.78 is 5.34. The molecular weight excluding hydrogens is 348 g/mol. The lowest BCUT2D eigenvalue weighted by molar-refractivity contribution is -0.384. The van der Waals surface area contributed by atoms with Crippen molar-refractivity contribution in [3.8, 4) is 5.75 Å². The molecule has 1 aromatic heterocycles. The number of carbonyl (C=O) groups excluding carboxylic acids is 1. The molecule has 128 valence electrons. The van der Waals surface area contributed by atoms with E-state index in [0.717, 1.165) is 0 Å². The molecule has 0 saturated heterocycles. The number of imidazole rings is 1. The zero-order valence-corrected chi connectivity index (χ0v) is 13.6. The van der Waals surface area contributed by atoms with E-state index in [-0.39, 0.29) is 24.7 Å². The minimum absolute atomic E-state index is 0.0249. The first-order valence-corrected chi connectivity index (χ1v) is 7.67. The fourth-order valence-electron chi connectivity index (χ4n) is 2.16. The molecule has 0 aliphatic rings. The predicted octanol–water partition coefficient (Wildman–Crippen LogP) is 2.82. The molecule has 0 atom stereocenters. The molecule has 0 unspecified atom stereocenters. The van der Waals surface area contributed by atoms with Gasteiger partial charge < -0.3 is 15.0 Å². The summed E-state index contributed by atoms with van der Waals surface area (Å²) in [5.74, 6) is 0.715. The predicted molar refractivity (Wildman–Crippen MR) is 91.5 cm³/mol. The molecule has 25 heavy (non-hydrogen) atoms. The second kappa shape index (κ2) is 7.18. The monoisotopic (exact) mass is 360 g/mol. The van der Waals surface area contributed by atoms with E-state index < -0.39 is 4.92 Å². The van der Waals surface area contributed by atoms with Gasteiger partial charge in [0.15, 0.2) is 6.61 Å². The van der Waals surface area contributed by atoms with Gasteiger partial charge in [0, 0.05) is 17.2 Å². The number of aromatic nitrogens is 2. The standard InChI is InChI=1S/C16H13ClN4O4/c17-10-1-4-12(5-2-10)25-9-16(22)18-8-15-19-13-6-3-11(21(23)24)7-14(13)20-15/h1-7H,8-9H2,(H,18,22)(H,19,20). The van der Waals surface area contributed by atoms with Crippen LogP contribution in [0.5, 0.6) is 5.75 Å². The first-order valence-electron chi connectivity index (χ1n) is 7.29. The third-order valence-electron chi connectivity index (χ3n) is 3.36. The van der Waals surface area contributed by atoms with E-state index in [0.29, 0.717) is 27.6 Å². The second-order valence-corrected chi connectivity index (χ2v) is 5.60. The van der Waals surface area contributed by atoms with Crippen molar-refractivity contribution in [1.29, 1.82) is 0 Å². The van der Waals surface area contributed by atoms with E-state index in [9.17, 15) is 14.9 Å². The molecule has 0 spiro atoms. The Bertz CT molecular complexity index is 924. The molecule has 8 nitrogen and oxygen atoms in total. The van der Waals surface area contributed by atoms with Crippen molar-refractivity contribution in [2.24, 2.45) is 0 Å². The molecule has 0 aliphatic carbocycles. The van der Waals surface area contributed by atoms with Crippen LogP contribution in [0.1, 0.15) is 5.82 Å². The summed E-state index contributed by atoms with van der Waals surface area (Å²) in [6.45, 7) is 0.0125. The van der Waals surface area contributed by atoms with E-state index in [1.54, 1.807) is 30.3 Å². The topological polar surface area (TPSA) is 110 Å². The number of hydrogen-bond acceptors (Lipinski definition) is 5. The van der Waals surface area contributed by atoms with Gasteiger partial charge in [-0.25, -0.2) is 4.98 Å². The number of hydrogen-bond donors (Lipinski definition) is 2. The Kier molecular flexibility index (Phi) is 4.80. The van der Waals surface area contributed by atoms with Crippen LogP contribution in [-0.4, -0.2) is 27.4 Å². The Morgan fingerprint density at radius 3 is 2.76 bits per heavy atom. The summed E-state index contributed by atoms with van der Waals surface area (Å²) >= 11 is 5.77. The molecular formula is C16H13ClN4O4. The fraction of sp³-hybridized carbons (Fsp3) is 0.125. The number of nitrogens with one attached hydrogen (secondary N) is 2. The number of amides is 1. The minimum atomic E-state index is -0.476. The third kappa shape index (κ3) is 4.24. The number of H-pyrrole nitrogens is 1. The second-order valence-electron chi connectivity index (χ2n) is 5.16. The fourth-order valence-corrected chi connectivity index (χ4v) is 2.29. The number of nitro benzene ring substituents is 1. The van der Waals surface area contributed by atoms with Crippen LogP contribution in [0.2, 0.25) is 5.02 Å². The third-order valence-corrected chi connectivity index (χ3v) is 3.61. The average Bonchev–Trinajstić information content (AvgIpc) is 3.01. The first-order chi connectivity index (χ1) is 12.0. The maximum Gasteiger partial charge on any atom is 0.271 e. The van der Waals surface area contributed by atoms with Crippen LogP contribution in [0.4, 0.5) is 5.69 Å². The number of nitro groups is 1. The molecule has 0 aliphatic heterocycles. The number of benzene rings is 2. The summed E-state index contributed by atoms with van der Waals surface area (Å²) in [6.07, 6.45) is 0. The van der Waals surface area contributed by atoms with E-state index >= 15 is 0 Å².